The SMILES string of the molecule is O=P([O-])([O-])[O-].O=P([O-])([O-])[O-].O=P([O-])([O-])[O-].[K+].[Sn+4].[Sn+4]. The van der Waals surface area contributed by atoms with Gasteiger partial charge < -0.3 is 57.7 Å². The van der Waals surface area contributed by atoms with Gasteiger partial charge in [-0.3, -0.25) is 0 Å². The summed E-state index contributed by atoms with van der Waals surface area (Å²) in [4.78, 5) is 76.9. The van der Waals surface area contributed by atoms with E-state index in [1.165, 1.54) is 0 Å². The molecule has 0 aliphatic rings. The summed E-state index contributed by atoms with van der Waals surface area (Å²) in [6, 6.07) is 0. The molecule has 0 atom stereocenters. The molecule has 0 heterocycles. The van der Waals surface area contributed by atoms with Crippen molar-refractivity contribution in [3.05, 3.63) is 0 Å². The minimum Gasteiger partial charge on any atom is -0.822 e. The van der Waals surface area contributed by atoms with Crippen LogP contribution in [0, 0.1) is 0 Å². The van der Waals surface area contributed by atoms with E-state index in [-0.39, 0.29) is 99.2 Å². The van der Waals surface area contributed by atoms with Gasteiger partial charge >= 0.3 is 99.2 Å². The first-order valence-electron chi connectivity index (χ1n) is 2.19. The van der Waals surface area contributed by atoms with Gasteiger partial charge in [0.15, 0.2) is 0 Å². The van der Waals surface area contributed by atoms with Gasteiger partial charge in [0.05, 0.1) is 0 Å². The van der Waals surface area contributed by atoms with Gasteiger partial charge in [-0.2, -0.15) is 23.5 Å². The van der Waals surface area contributed by atoms with Crippen molar-refractivity contribution in [2.75, 3.05) is 0 Å². The summed E-state index contributed by atoms with van der Waals surface area (Å²) < 4.78 is 25.6. The van der Waals surface area contributed by atoms with E-state index < -0.39 is 23.5 Å². The van der Waals surface area contributed by atoms with Gasteiger partial charge in [0.2, 0.25) is 0 Å². The van der Waals surface area contributed by atoms with Crippen LogP contribution < -0.4 is 95.4 Å². The van der Waals surface area contributed by atoms with E-state index in [0.29, 0.717) is 0 Å². The molecule has 0 aromatic rings. The van der Waals surface area contributed by atoms with Crippen LogP contribution in [-0.4, -0.2) is 47.8 Å². The zero-order chi connectivity index (χ0) is 13.5. The summed E-state index contributed by atoms with van der Waals surface area (Å²) in [7, 11) is -16.2. The summed E-state index contributed by atoms with van der Waals surface area (Å²) >= 11 is 0. The molecular weight excluding hydrogens is 561 g/mol. The second-order valence-electron chi connectivity index (χ2n) is 1.34. The normalized spacial score (nSPS) is 9.83. The molecule has 18 heavy (non-hydrogen) atoms. The van der Waals surface area contributed by atoms with Crippen molar-refractivity contribution < 1.29 is 109 Å². The maximum Gasteiger partial charge on any atom is 4.00 e. The molecule has 0 aromatic heterocycles. The minimum atomic E-state index is -5.39. The Bertz CT molecular complexity index is 211. The molecule has 0 spiro atoms. The average Bonchev–Trinajstić information content (AvgIpc) is 1.41. The van der Waals surface area contributed by atoms with Gasteiger partial charge in [-0.25, -0.2) is 0 Å². The van der Waals surface area contributed by atoms with Crippen molar-refractivity contribution >= 4 is 71.3 Å². The molecule has 0 rings (SSSR count). The summed E-state index contributed by atoms with van der Waals surface area (Å²) in [6.45, 7) is 0. The fourth-order valence-corrected chi connectivity index (χ4v) is 0. The number of rotatable bonds is 0. The second-order valence-corrected chi connectivity index (χ2v) is 4.02. The third-order valence-corrected chi connectivity index (χ3v) is 0. The van der Waals surface area contributed by atoms with E-state index in [1.54, 1.807) is 0 Å². The first-order chi connectivity index (χ1) is 6.00. The molecule has 0 aliphatic carbocycles. The van der Waals surface area contributed by atoms with Crippen molar-refractivity contribution in [1.29, 1.82) is 0 Å². The largest absolute Gasteiger partial charge is 4.00 e. The Morgan fingerprint density at radius 2 is 0.444 bits per heavy atom. The molecular formula is KO12P3Sn2. The topological polar surface area (TPSA) is 259 Å². The predicted molar refractivity (Wildman–Crippen MR) is 34.3 cm³/mol. The predicted octanol–water partition coefficient (Wildman–Crippen LogP) is -12.2. The summed E-state index contributed by atoms with van der Waals surface area (Å²) in [6.07, 6.45) is 0. The summed E-state index contributed by atoms with van der Waals surface area (Å²) in [5.41, 5.74) is 0. The van der Waals surface area contributed by atoms with Crippen molar-refractivity contribution in [3.63, 3.8) is 0 Å². The van der Waals surface area contributed by atoms with E-state index in [1.807, 2.05) is 0 Å². The van der Waals surface area contributed by atoms with Crippen LogP contribution in [0.5, 0.6) is 0 Å². The van der Waals surface area contributed by atoms with Crippen molar-refractivity contribution in [2.45, 2.75) is 0 Å². The molecule has 0 amide bonds. The third kappa shape index (κ3) is 531. The van der Waals surface area contributed by atoms with Gasteiger partial charge in [0, 0.05) is 0 Å². The first-order valence-corrected chi connectivity index (χ1v) is 6.57. The third-order valence-electron chi connectivity index (χ3n) is 0. The molecule has 0 aliphatic heterocycles. The number of phosphoric acid groups is 3. The van der Waals surface area contributed by atoms with E-state index in [2.05, 4.69) is 0 Å². The Balaban J connectivity index is -0.0000000277. The van der Waals surface area contributed by atoms with Gasteiger partial charge in [0.25, 0.3) is 0 Å². The van der Waals surface area contributed by atoms with E-state index in [0.717, 1.165) is 0 Å². The number of hydrogen-bond donors (Lipinski definition) is 0. The fourth-order valence-electron chi connectivity index (χ4n) is 0. The molecule has 0 radical (unpaired) electrons. The van der Waals surface area contributed by atoms with Crippen molar-refractivity contribution in [3.8, 4) is 0 Å². The maximum atomic E-state index is 8.55. The molecule has 0 saturated heterocycles. The Kier molecular flexibility index (Phi) is 35.4. The average molecular weight is 561 g/mol. The summed E-state index contributed by atoms with van der Waals surface area (Å²) in [5.74, 6) is 0. The van der Waals surface area contributed by atoms with Crippen LogP contribution in [0.2, 0.25) is 0 Å². The molecule has 18 heteroatoms. The summed E-state index contributed by atoms with van der Waals surface area (Å²) in [5, 5.41) is 0. The molecule has 96 valence electrons. The zero-order valence-electron chi connectivity index (χ0n) is 8.24. The van der Waals surface area contributed by atoms with Crippen LogP contribution in [0.3, 0.4) is 0 Å². The molecule has 0 bridgehead atoms. The smallest absolute Gasteiger partial charge is 0.822 e. The Labute approximate surface area is 177 Å². The van der Waals surface area contributed by atoms with Gasteiger partial charge in [0.1, 0.15) is 0 Å². The first kappa shape index (κ1) is 37.6. The maximum absolute atomic E-state index is 8.55. The van der Waals surface area contributed by atoms with Crippen LogP contribution in [0.25, 0.3) is 0 Å². The van der Waals surface area contributed by atoms with E-state index in [9.17, 15) is 0 Å². The van der Waals surface area contributed by atoms with Crippen LogP contribution in [0.4, 0.5) is 0 Å². The Hall–Kier alpha value is 3.56. The van der Waals surface area contributed by atoms with Crippen LogP contribution >= 0.6 is 23.5 Å². The Morgan fingerprint density at radius 3 is 0.444 bits per heavy atom. The van der Waals surface area contributed by atoms with Gasteiger partial charge in [-0.15, -0.1) is 0 Å². The molecule has 0 unspecified atom stereocenters. The molecule has 0 fully saturated rings. The zero-order valence-corrected chi connectivity index (χ0v) is 19.8. The standard InChI is InChI=1S/K.3H3O4P.2Sn/c;3*1-5(2,3)4;;/h;3*(H3,1,2,3,4);;/q+1;;;;2*+4/p-9. The van der Waals surface area contributed by atoms with Gasteiger partial charge in [-0.1, -0.05) is 0 Å². The second kappa shape index (κ2) is 16.9. The molecule has 12 nitrogen and oxygen atoms in total. The fraction of sp³-hybridized carbons (Fsp3) is 0. The quantitative estimate of drug-likeness (QED) is 0.197. The van der Waals surface area contributed by atoms with Gasteiger partial charge in [-0.05, 0) is 0 Å². The molecule has 0 saturated carbocycles. The molecule has 0 aromatic carbocycles. The van der Waals surface area contributed by atoms with E-state index >= 15 is 0 Å². The van der Waals surface area contributed by atoms with Crippen LogP contribution in [0.15, 0.2) is 0 Å². The van der Waals surface area contributed by atoms with Crippen molar-refractivity contribution in [1.82, 2.24) is 0 Å². The van der Waals surface area contributed by atoms with Crippen LogP contribution in [-0.2, 0) is 13.7 Å². The van der Waals surface area contributed by atoms with E-state index in [4.69, 9.17) is 57.7 Å². The van der Waals surface area contributed by atoms with Crippen LogP contribution in [0.1, 0.15) is 0 Å². The molecule has 0 N–H and O–H groups in total. The minimum absolute atomic E-state index is 0. The monoisotopic (exact) mass is 564 g/mol. The number of hydrogen-bond acceptors (Lipinski definition) is 12. The van der Waals surface area contributed by atoms with Crippen molar-refractivity contribution in [2.24, 2.45) is 0 Å². The Morgan fingerprint density at radius 1 is 0.444 bits per heavy atom.